The summed E-state index contributed by atoms with van der Waals surface area (Å²) < 4.78 is 0.743. The molecular formula is C34H44I4N8O8V2-2. The molecule has 3 fully saturated rings. The number of hydrogen-bond donors (Lipinski definition) is 2. The van der Waals surface area contributed by atoms with Gasteiger partial charge in [-0.15, -0.1) is 0 Å². The van der Waals surface area contributed by atoms with E-state index in [2.05, 4.69) is 87.7 Å². The van der Waals surface area contributed by atoms with Crippen LogP contribution in [0.1, 0.15) is 89.3 Å². The number of hydrogen-bond acceptors (Lipinski definition) is 11. The van der Waals surface area contributed by atoms with Crippen molar-refractivity contribution in [3.8, 4) is 0 Å². The predicted octanol–water partition coefficient (Wildman–Crippen LogP) is 9.00. The van der Waals surface area contributed by atoms with Crippen LogP contribution in [-0.4, -0.2) is 83.6 Å². The van der Waals surface area contributed by atoms with Crippen molar-refractivity contribution in [1.29, 1.82) is 0 Å². The van der Waals surface area contributed by atoms with Gasteiger partial charge in [0.15, 0.2) is 0 Å². The number of nitrogen functional groups attached to an aromatic ring is 1. The number of alkyl halides is 3. The molecule has 56 heavy (non-hydrogen) atoms. The molecule has 5 heterocycles. The second kappa shape index (κ2) is 34.4. The number of carboxylic acid groups (broad SMARTS) is 1. The fraction of sp³-hybridized carbons (Fsp3) is 0.412. The summed E-state index contributed by atoms with van der Waals surface area (Å²) in [5, 5.41) is 28.9. The minimum absolute atomic E-state index is 0. The van der Waals surface area contributed by atoms with Crippen LogP contribution in [0.15, 0.2) is 55.0 Å². The number of anilines is 1. The largest absolute Gasteiger partial charge is 0.477 e. The maximum Gasteiger partial charge on any atom is 0.354 e. The average Bonchev–Trinajstić information content (AvgIpc) is 3.99. The number of aromatic nitrogens is 3. The third-order valence-electron chi connectivity index (χ3n) is 7.40. The first-order chi connectivity index (χ1) is 25.3. The van der Waals surface area contributed by atoms with E-state index >= 15 is 0 Å². The van der Waals surface area contributed by atoms with Crippen molar-refractivity contribution in [1.82, 2.24) is 24.8 Å². The first-order valence-corrected chi connectivity index (χ1v) is 21.5. The van der Waals surface area contributed by atoms with E-state index in [0.717, 1.165) is 76.3 Å². The zero-order chi connectivity index (χ0) is 39.8. The van der Waals surface area contributed by atoms with Gasteiger partial charge in [0.05, 0.1) is 21.7 Å². The molecule has 0 spiro atoms. The second-order valence-corrected chi connectivity index (χ2v) is 22.0. The van der Waals surface area contributed by atoms with Crippen molar-refractivity contribution < 1.29 is 66.4 Å². The number of halogens is 4. The van der Waals surface area contributed by atoms with E-state index in [1.165, 1.54) is 50.4 Å². The molecule has 2 saturated heterocycles. The number of carbonyl (C=O) groups is 3. The molecule has 1 saturated carbocycles. The number of aromatic carboxylic acids is 1. The molecule has 0 unspecified atom stereocenters. The summed E-state index contributed by atoms with van der Waals surface area (Å²) in [7, 11) is 0. The van der Waals surface area contributed by atoms with Crippen molar-refractivity contribution in [2.45, 2.75) is 57.7 Å². The van der Waals surface area contributed by atoms with Crippen molar-refractivity contribution in [3.63, 3.8) is 0 Å². The van der Waals surface area contributed by atoms with Crippen LogP contribution >= 0.6 is 90.4 Å². The normalized spacial score (nSPS) is 13.2. The minimum atomic E-state index is -1.20. The van der Waals surface area contributed by atoms with Crippen LogP contribution in [-0.2, 0) is 37.1 Å². The maximum atomic E-state index is 11.8. The van der Waals surface area contributed by atoms with E-state index in [-0.39, 0.29) is 79.1 Å². The van der Waals surface area contributed by atoms with Crippen LogP contribution in [0.4, 0.5) is 17.1 Å². The minimum Gasteiger partial charge on any atom is -0.477 e. The van der Waals surface area contributed by atoms with Crippen LogP contribution in [0, 0.1) is 32.6 Å². The summed E-state index contributed by atoms with van der Waals surface area (Å²) in [5.74, 6) is -1.33. The summed E-state index contributed by atoms with van der Waals surface area (Å²) >= 11 is 8.85. The van der Waals surface area contributed by atoms with Gasteiger partial charge in [-0.3, -0.25) is 34.7 Å². The molecule has 16 nitrogen and oxygen atoms in total. The quantitative estimate of drug-likeness (QED) is 0.0802. The standard InChI is InChI=1S/C10H11N3O3.C10H13N3O.C6H4N2O4.C5H10.CHI3.CH2I.CH3.2V/c14-10(12-5-1-2-6-12)9-4-3-8(7-11-9)13(15)16;11-8-3-4-9(12-7-8)10(14)13-5-1-2-6-13;9-6(10)5-2-1-4(3-7-5)8(11)12;1-2-4-5-3-1;2-1(3)4;1-2;;;/h3-4,7H,1-2,5-6H2;3-4,7H,1-2,5-6,11H2;1-3H,(H,9,10);1-5H2;1H;1H2;1H3;;/q;;;;;2*-1;;. The topological polar surface area (TPSA) is 229 Å². The number of rotatable bonds is 5. The number of likely N-dealkylation sites (tertiary alicyclic amines) is 2. The fourth-order valence-corrected chi connectivity index (χ4v) is 4.82. The van der Waals surface area contributed by atoms with Gasteiger partial charge >= 0.3 is 5.97 Å². The van der Waals surface area contributed by atoms with Gasteiger partial charge in [0.25, 0.3) is 23.2 Å². The van der Waals surface area contributed by atoms with Crippen LogP contribution in [0.5, 0.6) is 0 Å². The molecule has 3 N–H and O–H groups in total. The number of amides is 2. The number of nitrogens with zero attached hydrogens (tertiary/aromatic N) is 7. The number of carbonyl (C=O) groups excluding carboxylic acids is 2. The molecule has 2 radical (unpaired) electrons. The number of nitrogens with two attached hydrogens (primary N) is 1. The molecule has 1 aliphatic carbocycles. The second-order valence-electron chi connectivity index (χ2n) is 11.1. The van der Waals surface area contributed by atoms with Crippen LogP contribution in [0.3, 0.4) is 0 Å². The van der Waals surface area contributed by atoms with Crippen molar-refractivity contribution in [3.05, 3.63) is 105 Å². The van der Waals surface area contributed by atoms with Gasteiger partial charge < -0.3 is 50.7 Å². The first kappa shape index (κ1) is 58.9. The summed E-state index contributed by atoms with van der Waals surface area (Å²) in [4.78, 5) is 71.1. The number of nitro groups is 2. The summed E-state index contributed by atoms with van der Waals surface area (Å²) in [6.45, 7) is 3.20. The van der Waals surface area contributed by atoms with E-state index in [1.54, 1.807) is 17.0 Å². The Morgan fingerprint density at radius 2 is 0.946 bits per heavy atom. The van der Waals surface area contributed by atoms with Crippen LogP contribution in [0.2, 0.25) is 0 Å². The van der Waals surface area contributed by atoms with Gasteiger partial charge in [0, 0.05) is 75.4 Å². The number of pyridine rings is 3. The zero-order valence-corrected chi connectivity index (χ0v) is 42.0. The summed E-state index contributed by atoms with van der Waals surface area (Å²) in [6.07, 6.45) is 15.3. The van der Waals surface area contributed by atoms with E-state index in [0.29, 0.717) is 11.4 Å². The molecule has 0 aromatic carbocycles. The summed E-state index contributed by atoms with van der Waals surface area (Å²) in [5.41, 5.74) is 6.31. The molecule has 0 atom stereocenters. The molecule has 0 bridgehead atoms. The Morgan fingerprint density at radius 1 is 0.643 bits per heavy atom. The third kappa shape index (κ3) is 24.5. The van der Waals surface area contributed by atoms with E-state index < -0.39 is 15.8 Å². The van der Waals surface area contributed by atoms with Gasteiger partial charge in [-0.05, 0) is 49.9 Å². The molecule has 3 aromatic rings. The molecule has 3 aromatic heterocycles. The van der Waals surface area contributed by atoms with Gasteiger partial charge in [0.2, 0.25) is 0 Å². The summed E-state index contributed by atoms with van der Waals surface area (Å²) in [6, 6.07) is 8.26. The zero-order valence-electron chi connectivity index (χ0n) is 30.6. The average molecular weight is 1300 g/mol. The molecule has 2 aliphatic heterocycles. The smallest absolute Gasteiger partial charge is 0.354 e. The Bertz CT molecular complexity index is 1520. The molecule has 3 aliphatic rings. The van der Waals surface area contributed by atoms with Gasteiger partial charge in [-0.2, -0.15) is 0 Å². The van der Waals surface area contributed by atoms with Crippen LogP contribution < -0.4 is 5.73 Å². The first-order valence-electron chi connectivity index (χ1n) is 16.2. The van der Waals surface area contributed by atoms with Crippen molar-refractivity contribution >= 4 is 125 Å². The van der Waals surface area contributed by atoms with Gasteiger partial charge in [0.1, 0.15) is 29.4 Å². The maximum absolute atomic E-state index is 11.8. The van der Waals surface area contributed by atoms with Crippen molar-refractivity contribution in [2.75, 3.05) is 31.9 Å². The molecule has 308 valence electrons. The van der Waals surface area contributed by atoms with E-state index in [4.69, 9.17) is 10.8 Å². The van der Waals surface area contributed by atoms with Gasteiger partial charge in [-0.25, -0.2) is 19.7 Å². The SMILES string of the molecule is C1CCCC1.IC(I)I.Nc1ccc(C(=O)N2CCCC2)nc1.O=C(O)c1ccc([N+](=O)[O-])cn1.O=C(c1ccc([N+](=O)[O-])cn1)N1CCCC1.[CH2-]I.[CH3-].[V].[V]. The molecule has 6 rings (SSSR count). The fourth-order valence-electron chi connectivity index (χ4n) is 4.82. The molecule has 2 amide bonds. The van der Waals surface area contributed by atoms with E-state index in [9.17, 15) is 34.6 Å². The predicted molar refractivity (Wildman–Crippen MR) is 242 cm³/mol. The van der Waals surface area contributed by atoms with Crippen LogP contribution in [0.25, 0.3) is 0 Å². The molecular weight excluding hydrogens is 1260 g/mol. The Kier molecular flexibility index (Phi) is 36.2. The third-order valence-corrected chi connectivity index (χ3v) is 7.40. The van der Waals surface area contributed by atoms with Gasteiger partial charge in [-0.1, -0.05) is 99.9 Å². The number of carboxylic acids is 1. The Labute approximate surface area is 406 Å². The van der Waals surface area contributed by atoms with E-state index in [1.807, 2.05) is 27.5 Å². The Hall–Kier alpha value is -1.45. The Balaban J connectivity index is -0.000000651. The molecule has 22 heteroatoms. The monoisotopic (exact) mass is 1300 g/mol. The Morgan fingerprint density at radius 3 is 1.20 bits per heavy atom. The van der Waals surface area contributed by atoms with Crippen molar-refractivity contribution in [2.24, 2.45) is 0 Å².